The summed E-state index contributed by atoms with van der Waals surface area (Å²) >= 11 is 0. The fourth-order valence-corrected chi connectivity index (χ4v) is 2.82. The van der Waals surface area contributed by atoms with Gasteiger partial charge in [-0.05, 0) is 43.5 Å². The fourth-order valence-electron chi connectivity index (χ4n) is 2.82. The Morgan fingerprint density at radius 3 is 3.10 bits per heavy atom. The van der Waals surface area contributed by atoms with Crippen molar-refractivity contribution in [2.45, 2.75) is 31.7 Å². The summed E-state index contributed by atoms with van der Waals surface area (Å²) in [5.74, 6) is -0.0863. The molecule has 0 spiro atoms. The number of amides is 2. The summed E-state index contributed by atoms with van der Waals surface area (Å²) in [5, 5.41) is 9.11. The normalized spacial score (nSPS) is 20.6. The summed E-state index contributed by atoms with van der Waals surface area (Å²) in [4.78, 5) is 23.3. The quantitative estimate of drug-likeness (QED) is 0.768. The van der Waals surface area contributed by atoms with Crippen LogP contribution in [0.5, 0.6) is 0 Å². The van der Waals surface area contributed by atoms with Crippen LogP contribution in [-0.2, 0) is 11.2 Å². The lowest BCUT2D eigenvalue weighted by molar-refractivity contribution is -0.115. The van der Waals surface area contributed by atoms with Crippen molar-refractivity contribution in [2.75, 3.05) is 18.4 Å². The van der Waals surface area contributed by atoms with Crippen LogP contribution in [-0.4, -0.2) is 30.9 Å². The molecule has 3 N–H and O–H groups in total. The third-order valence-corrected chi connectivity index (χ3v) is 3.94. The van der Waals surface area contributed by atoms with Crippen molar-refractivity contribution in [2.24, 2.45) is 0 Å². The van der Waals surface area contributed by atoms with Gasteiger partial charge in [-0.2, -0.15) is 0 Å². The second-order valence-electron chi connectivity index (χ2n) is 5.43. The molecule has 1 aromatic carbocycles. The van der Waals surface area contributed by atoms with E-state index < -0.39 is 0 Å². The molecule has 0 bridgehead atoms. The molecule has 1 atom stereocenters. The highest BCUT2D eigenvalue weighted by Crippen LogP contribution is 2.23. The Bertz CT molecular complexity index is 536. The van der Waals surface area contributed by atoms with Gasteiger partial charge < -0.3 is 16.0 Å². The molecule has 5 nitrogen and oxygen atoms in total. The van der Waals surface area contributed by atoms with Gasteiger partial charge in [0, 0.05) is 23.8 Å². The third kappa shape index (κ3) is 2.82. The summed E-state index contributed by atoms with van der Waals surface area (Å²) in [6, 6.07) is 5.92. The van der Waals surface area contributed by atoms with E-state index >= 15 is 0 Å². The summed E-state index contributed by atoms with van der Waals surface area (Å²) in [6.07, 6.45) is 3.79. The Kier molecular flexibility index (Phi) is 3.69. The second kappa shape index (κ2) is 5.63. The minimum absolute atomic E-state index is 0.00938. The van der Waals surface area contributed by atoms with Gasteiger partial charge in [0.05, 0.1) is 6.42 Å². The van der Waals surface area contributed by atoms with Gasteiger partial charge in [0.25, 0.3) is 5.91 Å². The Morgan fingerprint density at radius 2 is 2.30 bits per heavy atom. The molecule has 20 heavy (non-hydrogen) atoms. The molecule has 0 aliphatic carbocycles. The molecule has 1 fully saturated rings. The first-order chi connectivity index (χ1) is 9.72. The van der Waals surface area contributed by atoms with Gasteiger partial charge in [-0.25, -0.2) is 0 Å². The lowest BCUT2D eigenvalue weighted by Crippen LogP contribution is -2.30. The molecule has 2 amide bonds. The van der Waals surface area contributed by atoms with Crippen LogP contribution in [0.15, 0.2) is 18.2 Å². The molecular formula is C15H19N3O2. The Morgan fingerprint density at radius 1 is 1.40 bits per heavy atom. The van der Waals surface area contributed by atoms with E-state index in [1.54, 1.807) is 12.1 Å². The van der Waals surface area contributed by atoms with Gasteiger partial charge in [-0.3, -0.25) is 9.59 Å². The fraction of sp³-hybridized carbons (Fsp3) is 0.467. The minimum Gasteiger partial charge on any atom is -0.352 e. The zero-order valence-electron chi connectivity index (χ0n) is 11.4. The van der Waals surface area contributed by atoms with Crippen molar-refractivity contribution in [3.8, 4) is 0 Å². The maximum atomic E-state index is 12.1. The van der Waals surface area contributed by atoms with E-state index in [1.807, 2.05) is 6.07 Å². The second-order valence-corrected chi connectivity index (χ2v) is 5.43. The maximum absolute atomic E-state index is 12.1. The van der Waals surface area contributed by atoms with Crippen LogP contribution in [0.2, 0.25) is 0 Å². The van der Waals surface area contributed by atoms with Crippen molar-refractivity contribution in [3.63, 3.8) is 0 Å². The molecule has 0 saturated carbocycles. The van der Waals surface area contributed by atoms with Crippen LogP contribution < -0.4 is 16.0 Å². The van der Waals surface area contributed by atoms with E-state index in [2.05, 4.69) is 16.0 Å². The smallest absolute Gasteiger partial charge is 0.251 e. The van der Waals surface area contributed by atoms with E-state index in [4.69, 9.17) is 0 Å². The standard InChI is InChI=1S/C15H19N3O2/c19-14-9-10-3-4-11(8-13(10)18-14)15(20)17-7-5-12-2-1-6-16-12/h3-4,8,12,16H,1-2,5-7,9H2,(H,17,20)(H,18,19)/t12-/m0/s1. The van der Waals surface area contributed by atoms with Crippen molar-refractivity contribution in [3.05, 3.63) is 29.3 Å². The summed E-state index contributed by atoms with van der Waals surface area (Å²) < 4.78 is 0. The Labute approximate surface area is 118 Å². The number of nitrogens with one attached hydrogen (secondary N) is 3. The van der Waals surface area contributed by atoms with E-state index in [9.17, 15) is 9.59 Å². The van der Waals surface area contributed by atoms with Crippen molar-refractivity contribution < 1.29 is 9.59 Å². The van der Waals surface area contributed by atoms with Crippen LogP contribution in [0.1, 0.15) is 35.2 Å². The molecule has 2 heterocycles. The minimum atomic E-state index is -0.0769. The summed E-state index contributed by atoms with van der Waals surface area (Å²) in [6.45, 7) is 1.77. The molecule has 0 unspecified atom stereocenters. The van der Waals surface area contributed by atoms with Gasteiger partial charge in [0.15, 0.2) is 0 Å². The number of hydrogen-bond donors (Lipinski definition) is 3. The molecular weight excluding hydrogens is 254 g/mol. The highest BCUT2D eigenvalue weighted by Gasteiger charge is 2.19. The van der Waals surface area contributed by atoms with E-state index in [-0.39, 0.29) is 11.8 Å². The lowest BCUT2D eigenvalue weighted by Gasteiger charge is -2.11. The van der Waals surface area contributed by atoms with Gasteiger partial charge in [-0.1, -0.05) is 6.07 Å². The number of benzene rings is 1. The predicted octanol–water partition coefficient (Wildman–Crippen LogP) is 1.05. The van der Waals surface area contributed by atoms with Crippen molar-refractivity contribution >= 4 is 17.5 Å². The average Bonchev–Trinajstić information content (AvgIpc) is 3.05. The van der Waals surface area contributed by atoms with Crippen LogP contribution in [0.25, 0.3) is 0 Å². The number of carbonyl (C=O) groups excluding carboxylic acids is 2. The summed E-state index contributed by atoms with van der Waals surface area (Å²) in [5.41, 5.74) is 2.33. The highest BCUT2D eigenvalue weighted by atomic mass is 16.2. The average molecular weight is 273 g/mol. The first kappa shape index (κ1) is 13.1. The highest BCUT2D eigenvalue weighted by molar-refractivity contribution is 6.02. The molecule has 0 radical (unpaired) electrons. The zero-order valence-corrected chi connectivity index (χ0v) is 11.4. The maximum Gasteiger partial charge on any atom is 0.251 e. The van der Waals surface area contributed by atoms with Gasteiger partial charge >= 0.3 is 0 Å². The molecule has 3 rings (SSSR count). The van der Waals surface area contributed by atoms with E-state index in [0.29, 0.717) is 24.6 Å². The number of fused-ring (bicyclic) bond motifs is 1. The largest absolute Gasteiger partial charge is 0.352 e. The molecule has 2 aliphatic heterocycles. The SMILES string of the molecule is O=C1Cc2ccc(C(=O)NCC[C@@H]3CCCN3)cc2N1. The number of hydrogen-bond acceptors (Lipinski definition) is 3. The van der Waals surface area contributed by atoms with Crippen LogP contribution in [0.3, 0.4) is 0 Å². The topological polar surface area (TPSA) is 70.2 Å². The Hall–Kier alpha value is -1.88. The number of rotatable bonds is 4. The monoisotopic (exact) mass is 273 g/mol. The van der Waals surface area contributed by atoms with E-state index in [1.165, 1.54) is 12.8 Å². The molecule has 5 heteroatoms. The van der Waals surface area contributed by atoms with Crippen LogP contribution in [0, 0.1) is 0 Å². The van der Waals surface area contributed by atoms with Crippen molar-refractivity contribution in [1.82, 2.24) is 10.6 Å². The van der Waals surface area contributed by atoms with Gasteiger partial charge in [0.1, 0.15) is 0 Å². The first-order valence-corrected chi connectivity index (χ1v) is 7.17. The lowest BCUT2D eigenvalue weighted by atomic mass is 10.1. The van der Waals surface area contributed by atoms with Gasteiger partial charge in [-0.15, -0.1) is 0 Å². The van der Waals surface area contributed by atoms with Crippen LogP contribution in [0.4, 0.5) is 5.69 Å². The van der Waals surface area contributed by atoms with Gasteiger partial charge in [0.2, 0.25) is 5.91 Å². The molecule has 1 aromatic rings. The third-order valence-electron chi connectivity index (χ3n) is 3.94. The van der Waals surface area contributed by atoms with E-state index in [0.717, 1.165) is 24.2 Å². The molecule has 106 valence electrons. The summed E-state index contributed by atoms with van der Waals surface area (Å²) in [7, 11) is 0. The number of carbonyl (C=O) groups is 2. The predicted molar refractivity (Wildman–Crippen MR) is 76.8 cm³/mol. The zero-order chi connectivity index (χ0) is 13.9. The molecule has 1 saturated heterocycles. The number of anilines is 1. The molecule has 2 aliphatic rings. The first-order valence-electron chi connectivity index (χ1n) is 7.17. The molecule has 0 aromatic heterocycles. The van der Waals surface area contributed by atoms with Crippen LogP contribution >= 0.6 is 0 Å². The Balaban J connectivity index is 1.54. The van der Waals surface area contributed by atoms with Crippen molar-refractivity contribution in [1.29, 1.82) is 0 Å².